The van der Waals surface area contributed by atoms with Crippen molar-refractivity contribution in [3.63, 3.8) is 0 Å². The van der Waals surface area contributed by atoms with E-state index in [2.05, 4.69) is 0 Å². The van der Waals surface area contributed by atoms with Crippen molar-refractivity contribution in [3.05, 3.63) is 53.3 Å². The zero-order valence-electron chi connectivity index (χ0n) is 12.8. The lowest BCUT2D eigenvalue weighted by Gasteiger charge is -2.19. The molecule has 0 aliphatic rings. The lowest BCUT2D eigenvalue weighted by molar-refractivity contribution is 0.279. The van der Waals surface area contributed by atoms with Gasteiger partial charge in [0.05, 0.1) is 27.9 Å². The van der Waals surface area contributed by atoms with Crippen molar-refractivity contribution >= 4 is 0 Å². The first-order valence-corrected chi connectivity index (χ1v) is 6.80. The smallest absolute Gasteiger partial charge is 0.203 e. The monoisotopic (exact) mass is 306 g/mol. The van der Waals surface area contributed by atoms with Crippen LogP contribution in [0.2, 0.25) is 0 Å². The first-order chi connectivity index (χ1) is 10.6. The molecule has 0 spiro atoms. The van der Waals surface area contributed by atoms with Crippen LogP contribution in [0, 0.1) is 5.82 Å². The van der Waals surface area contributed by atoms with E-state index in [0.717, 1.165) is 11.1 Å². The summed E-state index contributed by atoms with van der Waals surface area (Å²) in [5, 5.41) is 9.75. The lowest BCUT2D eigenvalue weighted by atomic mass is 9.91. The third-order valence-electron chi connectivity index (χ3n) is 3.54. The highest BCUT2D eigenvalue weighted by molar-refractivity contribution is 5.55. The number of aliphatic hydroxyl groups is 1. The fourth-order valence-corrected chi connectivity index (χ4v) is 2.40. The molecular weight excluding hydrogens is 287 g/mol. The van der Waals surface area contributed by atoms with Gasteiger partial charge in [-0.05, 0) is 35.4 Å². The third kappa shape index (κ3) is 3.14. The van der Waals surface area contributed by atoms with Crippen LogP contribution in [0.5, 0.6) is 17.2 Å². The number of rotatable bonds is 6. The van der Waals surface area contributed by atoms with Gasteiger partial charge in [-0.15, -0.1) is 0 Å². The molecule has 0 amide bonds. The Balaban J connectivity index is 2.51. The largest absolute Gasteiger partial charge is 0.493 e. The maximum Gasteiger partial charge on any atom is 0.203 e. The van der Waals surface area contributed by atoms with Crippen LogP contribution < -0.4 is 14.2 Å². The maximum absolute atomic E-state index is 13.1. The Morgan fingerprint density at radius 2 is 1.45 bits per heavy atom. The van der Waals surface area contributed by atoms with Gasteiger partial charge in [-0.25, -0.2) is 4.39 Å². The van der Waals surface area contributed by atoms with Crippen molar-refractivity contribution in [2.75, 3.05) is 27.9 Å². The molecule has 0 saturated carbocycles. The minimum atomic E-state index is -0.315. The van der Waals surface area contributed by atoms with E-state index in [9.17, 15) is 9.50 Å². The average molecular weight is 306 g/mol. The van der Waals surface area contributed by atoms with E-state index in [1.165, 1.54) is 33.5 Å². The van der Waals surface area contributed by atoms with Crippen molar-refractivity contribution in [1.29, 1.82) is 0 Å². The molecule has 0 aliphatic heterocycles. The summed E-state index contributed by atoms with van der Waals surface area (Å²) in [6.45, 7) is -0.121. The van der Waals surface area contributed by atoms with Crippen molar-refractivity contribution in [1.82, 2.24) is 0 Å². The first kappa shape index (κ1) is 16.1. The predicted octanol–water partition coefficient (Wildman–Crippen LogP) is 2.98. The van der Waals surface area contributed by atoms with Gasteiger partial charge in [-0.3, -0.25) is 0 Å². The summed E-state index contributed by atoms with van der Waals surface area (Å²) >= 11 is 0. The van der Waals surface area contributed by atoms with Gasteiger partial charge in [-0.2, -0.15) is 0 Å². The van der Waals surface area contributed by atoms with E-state index < -0.39 is 0 Å². The Morgan fingerprint density at radius 1 is 0.909 bits per heavy atom. The molecule has 0 fully saturated rings. The highest BCUT2D eigenvalue weighted by Crippen LogP contribution is 2.41. The molecule has 0 bridgehead atoms. The number of hydrogen-bond acceptors (Lipinski definition) is 4. The minimum absolute atomic E-state index is 0.121. The third-order valence-corrected chi connectivity index (χ3v) is 3.54. The summed E-state index contributed by atoms with van der Waals surface area (Å²) in [6, 6.07) is 9.61. The van der Waals surface area contributed by atoms with E-state index in [1.807, 2.05) is 0 Å². The maximum atomic E-state index is 13.1. The van der Waals surface area contributed by atoms with Crippen LogP contribution in [-0.4, -0.2) is 33.0 Å². The summed E-state index contributed by atoms with van der Waals surface area (Å²) < 4.78 is 29.0. The summed E-state index contributed by atoms with van der Waals surface area (Å²) in [7, 11) is 4.60. The van der Waals surface area contributed by atoms with Crippen LogP contribution in [0.4, 0.5) is 4.39 Å². The summed E-state index contributed by atoms with van der Waals surface area (Å²) in [5.41, 5.74) is 1.60. The van der Waals surface area contributed by atoms with Crippen LogP contribution in [0.1, 0.15) is 17.0 Å². The van der Waals surface area contributed by atoms with E-state index >= 15 is 0 Å². The molecule has 0 saturated heterocycles. The molecule has 1 N–H and O–H groups in total. The molecule has 0 heterocycles. The molecule has 1 atom stereocenters. The molecule has 2 aromatic carbocycles. The van der Waals surface area contributed by atoms with Crippen molar-refractivity contribution in [3.8, 4) is 17.2 Å². The van der Waals surface area contributed by atoms with Crippen LogP contribution in [0.25, 0.3) is 0 Å². The number of ether oxygens (including phenoxy) is 3. The van der Waals surface area contributed by atoms with Gasteiger partial charge in [-0.1, -0.05) is 12.1 Å². The molecule has 0 aromatic heterocycles. The standard InChI is InChI=1S/C17H19FO4/c1-20-15-8-12(9-16(21-2)17(15)22-3)14(10-19)11-4-6-13(18)7-5-11/h4-9,14,19H,10H2,1-3H3. The number of methoxy groups -OCH3 is 3. The molecule has 2 rings (SSSR count). The Hall–Kier alpha value is -2.27. The Morgan fingerprint density at radius 3 is 1.86 bits per heavy atom. The lowest BCUT2D eigenvalue weighted by Crippen LogP contribution is -2.07. The summed E-state index contributed by atoms with van der Waals surface area (Å²) in [5.74, 6) is 0.888. The number of halogens is 1. The van der Waals surface area contributed by atoms with Gasteiger partial charge in [0.1, 0.15) is 5.82 Å². The van der Waals surface area contributed by atoms with Crippen molar-refractivity contribution < 1.29 is 23.7 Å². The molecular formula is C17H19FO4. The van der Waals surface area contributed by atoms with Gasteiger partial charge in [0, 0.05) is 5.92 Å². The molecule has 0 radical (unpaired) electrons. The molecule has 118 valence electrons. The van der Waals surface area contributed by atoms with Crippen LogP contribution >= 0.6 is 0 Å². The van der Waals surface area contributed by atoms with Crippen molar-refractivity contribution in [2.24, 2.45) is 0 Å². The SMILES string of the molecule is COc1cc(C(CO)c2ccc(F)cc2)cc(OC)c1OC. The Bertz CT molecular complexity index is 600. The van der Waals surface area contributed by atoms with Crippen molar-refractivity contribution in [2.45, 2.75) is 5.92 Å². The van der Waals surface area contributed by atoms with Crippen LogP contribution in [0.15, 0.2) is 36.4 Å². The molecule has 5 heteroatoms. The van der Waals surface area contributed by atoms with Gasteiger partial charge >= 0.3 is 0 Å². The van der Waals surface area contributed by atoms with Gasteiger partial charge < -0.3 is 19.3 Å². The van der Waals surface area contributed by atoms with E-state index in [0.29, 0.717) is 17.2 Å². The molecule has 22 heavy (non-hydrogen) atoms. The van der Waals surface area contributed by atoms with Crippen LogP contribution in [-0.2, 0) is 0 Å². The quantitative estimate of drug-likeness (QED) is 0.891. The topological polar surface area (TPSA) is 47.9 Å². The van der Waals surface area contributed by atoms with E-state index in [1.54, 1.807) is 24.3 Å². The number of hydrogen-bond donors (Lipinski definition) is 1. The molecule has 4 nitrogen and oxygen atoms in total. The number of benzene rings is 2. The van der Waals surface area contributed by atoms with E-state index in [-0.39, 0.29) is 18.3 Å². The molecule has 0 aliphatic carbocycles. The Labute approximate surface area is 129 Å². The second kappa shape index (κ2) is 7.13. The fourth-order valence-electron chi connectivity index (χ4n) is 2.40. The predicted molar refractivity (Wildman–Crippen MR) is 81.4 cm³/mol. The van der Waals surface area contributed by atoms with Gasteiger partial charge in [0.2, 0.25) is 5.75 Å². The Kier molecular flexibility index (Phi) is 5.22. The van der Waals surface area contributed by atoms with Crippen LogP contribution in [0.3, 0.4) is 0 Å². The van der Waals surface area contributed by atoms with Gasteiger partial charge in [0.15, 0.2) is 11.5 Å². The summed E-state index contributed by atoms with van der Waals surface area (Å²) in [4.78, 5) is 0. The zero-order valence-corrected chi connectivity index (χ0v) is 12.8. The highest BCUT2D eigenvalue weighted by atomic mass is 19.1. The first-order valence-electron chi connectivity index (χ1n) is 6.80. The average Bonchev–Trinajstić information content (AvgIpc) is 2.56. The zero-order chi connectivity index (χ0) is 16.1. The fraction of sp³-hybridized carbons (Fsp3) is 0.294. The normalized spacial score (nSPS) is 11.9. The minimum Gasteiger partial charge on any atom is -0.493 e. The van der Waals surface area contributed by atoms with Gasteiger partial charge in [0.25, 0.3) is 0 Å². The second-order valence-corrected chi connectivity index (χ2v) is 4.75. The second-order valence-electron chi connectivity index (χ2n) is 4.75. The molecule has 2 aromatic rings. The number of aliphatic hydroxyl groups excluding tert-OH is 1. The van der Waals surface area contributed by atoms with E-state index in [4.69, 9.17) is 14.2 Å². The summed E-state index contributed by atoms with van der Waals surface area (Å²) in [6.07, 6.45) is 0. The highest BCUT2D eigenvalue weighted by Gasteiger charge is 2.19. The molecule has 1 unspecified atom stereocenters.